The Morgan fingerprint density at radius 3 is 2.52 bits per heavy atom. The van der Waals surface area contributed by atoms with Crippen LogP contribution in [0.2, 0.25) is 0 Å². The normalized spacial score (nSPS) is 12.7. The van der Waals surface area contributed by atoms with Crippen LogP contribution in [0.15, 0.2) is 41.4 Å². The van der Waals surface area contributed by atoms with Crippen molar-refractivity contribution < 1.29 is 27.5 Å². The van der Waals surface area contributed by atoms with Gasteiger partial charge in [0.1, 0.15) is 23.3 Å². The first-order chi connectivity index (χ1) is 12.6. The second-order valence-corrected chi connectivity index (χ2v) is 7.74. The van der Waals surface area contributed by atoms with Gasteiger partial charge >= 0.3 is 5.97 Å². The number of benzene rings is 1. The summed E-state index contributed by atoms with van der Waals surface area (Å²) in [5.41, 5.74) is 0. The zero-order chi connectivity index (χ0) is 20.2. The molecular weight excluding hydrogens is 379 g/mol. The molecule has 0 aliphatic carbocycles. The van der Waals surface area contributed by atoms with Gasteiger partial charge in [0, 0.05) is 12.3 Å². The third-order valence-corrected chi connectivity index (χ3v) is 5.02. The van der Waals surface area contributed by atoms with E-state index in [4.69, 9.17) is 5.11 Å². The Morgan fingerprint density at radius 1 is 1.26 bits per heavy atom. The number of aromatic nitrogens is 2. The summed E-state index contributed by atoms with van der Waals surface area (Å²) in [6.07, 6.45) is 1.36. The molecule has 1 atom stereocenters. The Hall–Kier alpha value is -2.79. The van der Waals surface area contributed by atoms with Gasteiger partial charge in [-0.2, -0.15) is 9.82 Å². The monoisotopic (exact) mass is 398 g/mol. The Morgan fingerprint density at radius 2 is 1.93 bits per heavy atom. The quantitative estimate of drug-likeness (QED) is 0.609. The number of aliphatic carboxylic acids is 1. The fourth-order valence-electron chi connectivity index (χ4n) is 2.24. The smallest absolute Gasteiger partial charge is 0.325 e. The molecule has 0 aliphatic rings. The van der Waals surface area contributed by atoms with Gasteiger partial charge in [0.2, 0.25) is 15.9 Å². The molecule has 146 valence electrons. The maximum Gasteiger partial charge on any atom is 0.325 e. The fourth-order valence-corrected chi connectivity index (χ4v) is 3.67. The van der Waals surface area contributed by atoms with E-state index in [1.807, 2.05) is 0 Å². The average molecular weight is 398 g/mol. The number of carboxylic acid groups (broad SMARTS) is 1. The summed E-state index contributed by atoms with van der Waals surface area (Å²) in [7, 11) is -4.27. The molecule has 1 aromatic carbocycles. The summed E-state index contributed by atoms with van der Waals surface area (Å²) < 4.78 is 42.0. The highest BCUT2D eigenvalue weighted by molar-refractivity contribution is 7.89. The molecule has 2 rings (SSSR count). The van der Waals surface area contributed by atoms with Crippen LogP contribution in [-0.2, 0) is 26.2 Å². The standard InChI is InChI=1S/C16H19FN4O5S/c1-10(2)15(20-27(25,26)12-6-4-3-5-11(12)17)16(24)18-13-7-8-21(19-13)9-14(22)23/h3-8,10,15,20H,9H2,1-2H3,(H,22,23)(H,18,19,24). The maximum atomic E-state index is 13.8. The minimum Gasteiger partial charge on any atom is -0.480 e. The van der Waals surface area contributed by atoms with Gasteiger partial charge in [-0.3, -0.25) is 14.3 Å². The number of hydrogen-bond acceptors (Lipinski definition) is 5. The minimum atomic E-state index is -4.27. The predicted octanol–water partition coefficient (Wildman–Crippen LogP) is 1.05. The molecule has 11 heteroatoms. The molecule has 27 heavy (non-hydrogen) atoms. The lowest BCUT2D eigenvalue weighted by Crippen LogP contribution is -2.47. The summed E-state index contributed by atoms with van der Waals surface area (Å²) in [5.74, 6) is -3.12. The van der Waals surface area contributed by atoms with Crippen LogP contribution < -0.4 is 10.0 Å². The Balaban J connectivity index is 2.17. The highest BCUT2D eigenvalue weighted by Gasteiger charge is 2.30. The maximum absolute atomic E-state index is 13.8. The molecule has 2 aromatic rings. The van der Waals surface area contributed by atoms with Crippen molar-refractivity contribution in [3.63, 3.8) is 0 Å². The number of nitrogens with zero attached hydrogens (tertiary/aromatic N) is 2. The first kappa shape index (κ1) is 20.5. The van der Waals surface area contributed by atoms with E-state index < -0.39 is 44.6 Å². The second-order valence-electron chi connectivity index (χ2n) is 6.05. The number of sulfonamides is 1. The Labute approximate surface area is 155 Å². The molecule has 0 spiro atoms. The van der Waals surface area contributed by atoms with E-state index >= 15 is 0 Å². The highest BCUT2D eigenvalue weighted by Crippen LogP contribution is 2.16. The lowest BCUT2D eigenvalue weighted by molar-refractivity contribution is -0.137. The molecule has 0 bridgehead atoms. The lowest BCUT2D eigenvalue weighted by atomic mass is 10.1. The van der Waals surface area contributed by atoms with Crippen LogP contribution in [-0.4, -0.2) is 41.2 Å². The van der Waals surface area contributed by atoms with Crippen molar-refractivity contribution in [2.75, 3.05) is 5.32 Å². The van der Waals surface area contributed by atoms with Gasteiger partial charge in [0.05, 0.1) is 0 Å². The predicted molar refractivity (Wildman–Crippen MR) is 93.8 cm³/mol. The molecule has 1 unspecified atom stereocenters. The number of hydrogen-bond donors (Lipinski definition) is 3. The van der Waals surface area contributed by atoms with Gasteiger partial charge in [-0.25, -0.2) is 12.8 Å². The van der Waals surface area contributed by atoms with E-state index in [1.165, 1.54) is 24.4 Å². The topological polar surface area (TPSA) is 130 Å². The number of halogens is 1. The molecule has 0 aliphatic heterocycles. The highest BCUT2D eigenvalue weighted by atomic mass is 32.2. The third-order valence-electron chi connectivity index (χ3n) is 3.55. The fraction of sp³-hybridized carbons (Fsp3) is 0.312. The van der Waals surface area contributed by atoms with E-state index in [1.54, 1.807) is 13.8 Å². The van der Waals surface area contributed by atoms with E-state index in [-0.39, 0.29) is 12.4 Å². The molecule has 1 aromatic heterocycles. The van der Waals surface area contributed by atoms with Gasteiger partial charge in [-0.05, 0) is 18.1 Å². The van der Waals surface area contributed by atoms with Crippen LogP contribution in [0, 0.1) is 11.7 Å². The van der Waals surface area contributed by atoms with Crippen LogP contribution in [0.3, 0.4) is 0 Å². The summed E-state index contributed by atoms with van der Waals surface area (Å²) in [5, 5.41) is 15.0. The Kier molecular flexibility index (Phi) is 6.28. The second kappa shape index (κ2) is 8.27. The largest absolute Gasteiger partial charge is 0.480 e. The zero-order valence-corrected chi connectivity index (χ0v) is 15.4. The van der Waals surface area contributed by atoms with E-state index in [9.17, 15) is 22.4 Å². The zero-order valence-electron chi connectivity index (χ0n) is 14.6. The molecule has 0 saturated heterocycles. The molecule has 0 fully saturated rings. The molecule has 1 heterocycles. The number of carbonyl (C=O) groups excluding carboxylic acids is 1. The van der Waals surface area contributed by atoms with Gasteiger partial charge in [0.25, 0.3) is 0 Å². The number of anilines is 1. The van der Waals surface area contributed by atoms with Gasteiger partial charge < -0.3 is 10.4 Å². The summed E-state index contributed by atoms with van der Waals surface area (Å²) in [4.78, 5) is 22.6. The first-order valence-corrected chi connectivity index (χ1v) is 9.41. The van der Waals surface area contributed by atoms with E-state index in [2.05, 4.69) is 15.1 Å². The number of rotatable bonds is 8. The average Bonchev–Trinajstić information content (AvgIpc) is 2.98. The first-order valence-electron chi connectivity index (χ1n) is 7.93. The number of carbonyl (C=O) groups is 2. The third kappa shape index (κ3) is 5.34. The summed E-state index contributed by atoms with van der Waals surface area (Å²) >= 11 is 0. The number of amides is 1. The van der Waals surface area contributed by atoms with Crippen molar-refractivity contribution >= 4 is 27.7 Å². The molecule has 1 amide bonds. The van der Waals surface area contributed by atoms with Crippen molar-refractivity contribution in [2.24, 2.45) is 5.92 Å². The van der Waals surface area contributed by atoms with Crippen molar-refractivity contribution in [3.8, 4) is 0 Å². The van der Waals surface area contributed by atoms with Crippen molar-refractivity contribution in [3.05, 3.63) is 42.3 Å². The molecule has 0 radical (unpaired) electrons. The van der Waals surface area contributed by atoms with Crippen LogP contribution in [0.4, 0.5) is 10.2 Å². The molecule has 3 N–H and O–H groups in total. The summed E-state index contributed by atoms with van der Waals surface area (Å²) in [6.45, 7) is 2.86. The molecular formula is C16H19FN4O5S. The number of carboxylic acids is 1. The SMILES string of the molecule is CC(C)C(NS(=O)(=O)c1ccccc1F)C(=O)Nc1ccn(CC(=O)O)n1. The van der Waals surface area contributed by atoms with Gasteiger partial charge in [-0.15, -0.1) is 0 Å². The van der Waals surface area contributed by atoms with Crippen molar-refractivity contribution in [1.82, 2.24) is 14.5 Å². The van der Waals surface area contributed by atoms with Gasteiger partial charge in [-0.1, -0.05) is 26.0 Å². The van der Waals surface area contributed by atoms with Crippen LogP contribution in [0.25, 0.3) is 0 Å². The van der Waals surface area contributed by atoms with Crippen molar-refractivity contribution in [2.45, 2.75) is 31.3 Å². The Bertz CT molecular complexity index is 942. The number of nitrogens with one attached hydrogen (secondary N) is 2. The van der Waals surface area contributed by atoms with E-state index in [0.29, 0.717) is 0 Å². The van der Waals surface area contributed by atoms with Crippen molar-refractivity contribution in [1.29, 1.82) is 0 Å². The molecule has 9 nitrogen and oxygen atoms in total. The van der Waals surface area contributed by atoms with E-state index in [0.717, 1.165) is 16.8 Å². The minimum absolute atomic E-state index is 0.0667. The van der Waals surface area contributed by atoms with Crippen LogP contribution in [0.5, 0.6) is 0 Å². The lowest BCUT2D eigenvalue weighted by Gasteiger charge is -2.21. The van der Waals surface area contributed by atoms with Crippen LogP contribution in [0.1, 0.15) is 13.8 Å². The summed E-state index contributed by atoms with van der Waals surface area (Å²) in [6, 6.07) is 5.02. The molecule has 0 saturated carbocycles. The van der Waals surface area contributed by atoms with Crippen LogP contribution >= 0.6 is 0 Å². The van der Waals surface area contributed by atoms with Gasteiger partial charge in [0.15, 0.2) is 5.82 Å².